The van der Waals surface area contributed by atoms with Crippen LogP contribution in [0.5, 0.6) is 0 Å². The monoisotopic (exact) mass is 365 g/mol. The fourth-order valence-corrected chi connectivity index (χ4v) is 3.26. The van der Waals surface area contributed by atoms with Crippen molar-refractivity contribution in [1.29, 1.82) is 0 Å². The van der Waals surface area contributed by atoms with E-state index in [1.165, 1.54) is 18.3 Å². The molecule has 1 unspecified atom stereocenters. The summed E-state index contributed by atoms with van der Waals surface area (Å²) >= 11 is 7.45. The zero-order valence-electron chi connectivity index (χ0n) is 13.8. The zero-order chi connectivity index (χ0) is 17.7. The predicted octanol–water partition coefficient (Wildman–Crippen LogP) is 3.82. The second kappa shape index (κ2) is 8.28. The van der Waals surface area contributed by atoms with Crippen LogP contribution in [0, 0.1) is 0 Å². The maximum Gasteiger partial charge on any atom is 0.241 e. The third kappa shape index (κ3) is 5.33. The molecular weight excluding hydrogens is 346 g/mol. The summed E-state index contributed by atoms with van der Waals surface area (Å²) < 4.78 is 0.745. The maximum absolute atomic E-state index is 12.4. The molecule has 0 aliphatic carbocycles. The molecule has 5 nitrogen and oxygen atoms in total. The summed E-state index contributed by atoms with van der Waals surface area (Å²) in [5, 5.41) is 5.56. The molecule has 2 aromatic rings. The van der Waals surface area contributed by atoms with Gasteiger partial charge in [-0.15, -0.1) is 11.3 Å². The van der Waals surface area contributed by atoms with Gasteiger partial charge in [0.05, 0.1) is 10.4 Å². The second-order valence-corrected chi connectivity index (χ2v) is 7.34. The number of halogens is 1. The van der Waals surface area contributed by atoms with Gasteiger partial charge in [0.25, 0.3) is 0 Å². The smallest absolute Gasteiger partial charge is 0.241 e. The number of nitrogens with one attached hydrogen (secondary N) is 2. The quantitative estimate of drug-likeness (QED) is 0.818. The van der Waals surface area contributed by atoms with Crippen molar-refractivity contribution < 1.29 is 9.59 Å². The Morgan fingerprint density at radius 3 is 2.21 bits per heavy atom. The van der Waals surface area contributed by atoms with Crippen LogP contribution in [0.25, 0.3) is 0 Å². The van der Waals surface area contributed by atoms with E-state index in [9.17, 15) is 9.59 Å². The van der Waals surface area contributed by atoms with E-state index in [-0.39, 0.29) is 17.9 Å². The Hall–Kier alpha value is -1.89. The van der Waals surface area contributed by atoms with Crippen molar-refractivity contribution in [3.05, 3.63) is 45.6 Å². The van der Waals surface area contributed by atoms with Crippen LogP contribution in [0.15, 0.2) is 36.4 Å². The second-order valence-electron chi connectivity index (χ2n) is 5.54. The number of rotatable bonds is 6. The van der Waals surface area contributed by atoms with Crippen LogP contribution < -0.4 is 10.6 Å². The molecule has 0 saturated carbocycles. The molecule has 1 atom stereocenters. The highest BCUT2D eigenvalue weighted by Crippen LogP contribution is 2.23. The lowest BCUT2D eigenvalue weighted by atomic mass is 10.2. The van der Waals surface area contributed by atoms with E-state index >= 15 is 0 Å². The third-order valence-corrected chi connectivity index (χ3v) is 4.76. The lowest BCUT2D eigenvalue weighted by Gasteiger charge is -2.23. The van der Waals surface area contributed by atoms with Crippen LogP contribution in [0.1, 0.15) is 18.7 Å². The summed E-state index contributed by atoms with van der Waals surface area (Å²) in [7, 11) is 1.90. The van der Waals surface area contributed by atoms with E-state index in [1.54, 1.807) is 24.3 Å². The molecule has 128 valence electrons. The van der Waals surface area contributed by atoms with Crippen molar-refractivity contribution in [2.24, 2.45) is 0 Å². The van der Waals surface area contributed by atoms with Crippen molar-refractivity contribution >= 4 is 46.1 Å². The fraction of sp³-hybridized carbons (Fsp3) is 0.294. The third-order valence-electron chi connectivity index (χ3n) is 3.55. The van der Waals surface area contributed by atoms with Gasteiger partial charge in [-0.3, -0.25) is 14.5 Å². The predicted molar refractivity (Wildman–Crippen MR) is 99.6 cm³/mol. The lowest BCUT2D eigenvalue weighted by molar-refractivity contribution is -0.120. The highest BCUT2D eigenvalue weighted by Gasteiger charge is 2.18. The fourth-order valence-electron chi connectivity index (χ4n) is 2.11. The molecule has 1 heterocycles. The van der Waals surface area contributed by atoms with Crippen molar-refractivity contribution in [2.45, 2.75) is 26.4 Å². The highest BCUT2D eigenvalue weighted by atomic mass is 35.5. The normalized spacial score (nSPS) is 12.0. The number of thiophene rings is 1. The van der Waals surface area contributed by atoms with E-state index in [4.69, 9.17) is 11.6 Å². The molecule has 0 aliphatic rings. The Balaban J connectivity index is 1.91. The summed E-state index contributed by atoms with van der Waals surface area (Å²) in [6.07, 6.45) is 0. The maximum atomic E-state index is 12.4. The van der Waals surface area contributed by atoms with Gasteiger partial charge in [0.2, 0.25) is 11.8 Å². The van der Waals surface area contributed by atoms with Gasteiger partial charge in [-0.1, -0.05) is 11.6 Å². The van der Waals surface area contributed by atoms with Gasteiger partial charge in [0, 0.05) is 29.7 Å². The van der Waals surface area contributed by atoms with E-state index in [1.807, 2.05) is 31.0 Å². The van der Waals surface area contributed by atoms with E-state index in [0.717, 1.165) is 9.21 Å². The Kier molecular flexibility index (Phi) is 6.36. The molecule has 0 bridgehead atoms. The Bertz CT molecular complexity index is 715. The summed E-state index contributed by atoms with van der Waals surface area (Å²) in [4.78, 5) is 26.4. The Labute approximate surface area is 150 Å². The van der Waals surface area contributed by atoms with Crippen LogP contribution >= 0.6 is 22.9 Å². The minimum absolute atomic E-state index is 0.0903. The van der Waals surface area contributed by atoms with Crippen molar-refractivity contribution in [3.8, 4) is 0 Å². The molecule has 1 aromatic carbocycles. The van der Waals surface area contributed by atoms with Crippen LogP contribution in [0.2, 0.25) is 4.34 Å². The number of anilines is 2. The van der Waals surface area contributed by atoms with Crippen LogP contribution in [-0.2, 0) is 16.1 Å². The average Bonchev–Trinajstić information content (AvgIpc) is 2.93. The van der Waals surface area contributed by atoms with Gasteiger partial charge in [-0.25, -0.2) is 0 Å². The topological polar surface area (TPSA) is 61.4 Å². The molecule has 0 spiro atoms. The van der Waals surface area contributed by atoms with Gasteiger partial charge < -0.3 is 10.6 Å². The molecule has 0 aliphatic heterocycles. The zero-order valence-corrected chi connectivity index (χ0v) is 15.4. The first-order valence-corrected chi connectivity index (χ1v) is 8.67. The Morgan fingerprint density at radius 2 is 1.71 bits per heavy atom. The number of carbonyl (C=O) groups is 2. The summed E-state index contributed by atoms with van der Waals surface area (Å²) in [5.41, 5.74) is 1.38. The highest BCUT2D eigenvalue weighted by molar-refractivity contribution is 7.16. The van der Waals surface area contributed by atoms with Crippen molar-refractivity contribution in [2.75, 3.05) is 17.7 Å². The molecule has 0 saturated heterocycles. The van der Waals surface area contributed by atoms with Gasteiger partial charge in [0.1, 0.15) is 0 Å². The van der Waals surface area contributed by atoms with Gasteiger partial charge in [-0.05, 0) is 50.4 Å². The number of nitrogens with zero attached hydrogens (tertiary/aromatic N) is 1. The average molecular weight is 366 g/mol. The van der Waals surface area contributed by atoms with Crippen molar-refractivity contribution in [1.82, 2.24) is 4.90 Å². The summed E-state index contributed by atoms with van der Waals surface area (Å²) in [6, 6.07) is 10.6. The van der Waals surface area contributed by atoms with Gasteiger partial charge >= 0.3 is 0 Å². The number of hydrogen-bond acceptors (Lipinski definition) is 4. The first kappa shape index (κ1) is 18.4. The SMILES string of the molecule is CC(=O)Nc1ccc(NC(=O)C(C)N(C)Cc2ccc(Cl)s2)cc1. The number of benzene rings is 1. The molecule has 2 rings (SSSR count). The molecule has 1 aromatic heterocycles. The van der Waals surface area contributed by atoms with Crippen LogP contribution in [-0.4, -0.2) is 29.8 Å². The lowest BCUT2D eigenvalue weighted by Crippen LogP contribution is -2.39. The molecule has 2 amide bonds. The van der Waals surface area contributed by atoms with E-state index in [0.29, 0.717) is 17.9 Å². The first-order chi connectivity index (χ1) is 11.3. The molecular formula is C17H20ClN3O2S. The first-order valence-electron chi connectivity index (χ1n) is 7.48. The Morgan fingerprint density at radius 1 is 1.12 bits per heavy atom. The van der Waals surface area contributed by atoms with Gasteiger partial charge in [-0.2, -0.15) is 0 Å². The number of likely N-dealkylation sites (N-methyl/N-ethyl adjacent to an activating group) is 1. The molecule has 0 radical (unpaired) electrons. The number of hydrogen-bond donors (Lipinski definition) is 2. The summed E-state index contributed by atoms with van der Waals surface area (Å²) in [5.74, 6) is -0.219. The van der Waals surface area contributed by atoms with Gasteiger partial charge in [0.15, 0.2) is 0 Å². The number of carbonyl (C=O) groups excluding carboxylic acids is 2. The molecule has 24 heavy (non-hydrogen) atoms. The minimum atomic E-state index is -0.291. The van der Waals surface area contributed by atoms with Crippen molar-refractivity contribution in [3.63, 3.8) is 0 Å². The minimum Gasteiger partial charge on any atom is -0.326 e. The standard InChI is InChI=1S/C17H20ClN3O2S/c1-11(21(3)10-15-8-9-16(18)24-15)17(23)20-14-6-4-13(5-7-14)19-12(2)22/h4-9,11H,10H2,1-3H3,(H,19,22)(H,20,23). The van der Waals surface area contributed by atoms with Crippen LogP contribution in [0.3, 0.4) is 0 Å². The molecule has 0 fully saturated rings. The van der Waals surface area contributed by atoms with Crippen LogP contribution in [0.4, 0.5) is 11.4 Å². The largest absolute Gasteiger partial charge is 0.326 e. The van der Waals surface area contributed by atoms with E-state index in [2.05, 4.69) is 10.6 Å². The number of amides is 2. The molecule has 2 N–H and O–H groups in total. The summed E-state index contributed by atoms with van der Waals surface area (Å²) in [6.45, 7) is 3.97. The molecule has 7 heteroatoms. The van der Waals surface area contributed by atoms with E-state index < -0.39 is 0 Å².